The number of carbonyl (C=O) groups excluding carboxylic acids is 1. The number of esters is 1. The Morgan fingerprint density at radius 2 is 1.62 bits per heavy atom. The van der Waals surface area contributed by atoms with Crippen molar-refractivity contribution in [1.29, 1.82) is 0 Å². The van der Waals surface area contributed by atoms with Gasteiger partial charge in [-0.2, -0.15) is 0 Å². The van der Waals surface area contributed by atoms with Crippen molar-refractivity contribution >= 4 is 44.9 Å². The molecule has 0 fully saturated rings. The zero-order valence-electron chi connectivity index (χ0n) is 24.4. The number of ether oxygens (including phenoxy) is 1. The maximum atomic E-state index is 14.3. The van der Waals surface area contributed by atoms with Gasteiger partial charge >= 0.3 is 5.97 Å². The highest BCUT2D eigenvalue weighted by atomic mass is 32.1. The second-order valence-electron chi connectivity index (χ2n) is 11.0. The standard InChI is InChI=1S/C36H34N2O3S/c1-5-11-30-32(35(40)41-6-2)33(24-18-16-23(17-19-24)22(3)4)38-34(39)31(42-36(38)37-30)21-29-27-14-9-7-12-25(27)20-26-13-8-10-15-28(26)29/h7-10,12-22,33H,5-6,11H2,1-4H3/b31-21-/t33-/m1/s1. The van der Waals surface area contributed by atoms with Gasteiger partial charge in [0.1, 0.15) is 0 Å². The van der Waals surface area contributed by atoms with Crippen LogP contribution < -0.4 is 14.9 Å². The fourth-order valence-corrected chi connectivity index (χ4v) is 6.84. The molecule has 1 atom stereocenters. The summed E-state index contributed by atoms with van der Waals surface area (Å²) in [6.07, 6.45) is 3.44. The van der Waals surface area contributed by atoms with Crippen molar-refractivity contribution in [1.82, 2.24) is 4.57 Å². The predicted molar refractivity (Wildman–Crippen MR) is 172 cm³/mol. The third kappa shape index (κ3) is 4.90. The summed E-state index contributed by atoms with van der Waals surface area (Å²) in [6, 6.07) is 26.3. The number of benzene rings is 4. The Balaban J connectivity index is 1.64. The van der Waals surface area contributed by atoms with Gasteiger partial charge in [0.2, 0.25) is 0 Å². The lowest BCUT2D eigenvalue weighted by atomic mass is 9.92. The van der Waals surface area contributed by atoms with Gasteiger partial charge in [0.25, 0.3) is 5.56 Å². The second kappa shape index (κ2) is 11.5. The Bertz CT molecular complexity index is 1980. The monoisotopic (exact) mass is 574 g/mol. The first-order valence-corrected chi connectivity index (χ1v) is 15.4. The molecule has 0 saturated carbocycles. The SMILES string of the molecule is CCCC1=C(C(=O)OCC)[C@@H](c2ccc(C(C)C)cc2)n2c(s/c(=C\c3c4ccccc4cc4ccccc34)c2=O)=N1. The van der Waals surface area contributed by atoms with Crippen LogP contribution in [0.1, 0.15) is 69.2 Å². The van der Waals surface area contributed by atoms with Crippen molar-refractivity contribution in [2.75, 3.05) is 6.61 Å². The highest BCUT2D eigenvalue weighted by Crippen LogP contribution is 2.34. The van der Waals surface area contributed by atoms with Crippen molar-refractivity contribution in [2.45, 2.75) is 52.5 Å². The Kier molecular flexibility index (Phi) is 7.65. The molecular formula is C36H34N2O3S. The van der Waals surface area contributed by atoms with E-state index in [1.807, 2.05) is 42.5 Å². The number of hydrogen-bond donors (Lipinski definition) is 0. The van der Waals surface area contributed by atoms with Crippen LogP contribution in [0.4, 0.5) is 0 Å². The van der Waals surface area contributed by atoms with Gasteiger partial charge in [0.05, 0.1) is 28.5 Å². The molecule has 2 heterocycles. The van der Waals surface area contributed by atoms with E-state index < -0.39 is 12.0 Å². The van der Waals surface area contributed by atoms with Crippen LogP contribution in [0.5, 0.6) is 0 Å². The van der Waals surface area contributed by atoms with Crippen molar-refractivity contribution in [2.24, 2.45) is 4.99 Å². The summed E-state index contributed by atoms with van der Waals surface area (Å²) in [5, 5.41) is 4.41. The molecule has 0 radical (unpaired) electrons. The molecule has 0 spiro atoms. The highest BCUT2D eigenvalue weighted by Gasteiger charge is 2.34. The largest absolute Gasteiger partial charge is 0.463 e. The van der Waals surface area contributed by atoms with E-state index in [0.717, 1.165) is 39.1 Å². The van der Waals surface area contributed by atoms with Gasteiger partial charge in [-0.15, -0.1) is 0 Å². The van der Waals surface area contributed by atoms with Gasteiger partial charge in [-0.05, 0) is 69.6 Å². The van der Waals surface area contributed by atoms with Crippen molar-refractivity contribution in [3.63, 3.8) is 0 Å². The number of carbonyl (C=O) groups is 1. The first-order chi connectivity index (χ1) is 20.4. The van der Waals surface area contributed by atoms with E-state index in [2.05, 4.69) is 63.2 Å². The van der Waals surface area contributed by atoms with Gasteiger partial charge in [-0.25, -0.2) is 9.79 Å². The second-order valence-corrected chi connectivity index (χ2v) is 12.0. The van der Waals surface area contributed by atoms with E-state index in [1.54, 1.807) is 11.5 Å². The molecule has 1 aliphatic heterocycles. The summed E-state index contributed by atoms with van der Waals surface area (Å²) in [7, 11) is 0. The third-order valence-electron chi connectivity index (χ3n) is 7.90. The molecule has 1 aliphatic rings. The number of hydrogen-bond acceptors (Lipinski definition) is 5. The number of thiazole rings is 1. The molecule has 0 N–H and O–H groups in total. The molecule has 212 valence electrons. The first-order valence-electron chi connectivity index (χ1n) is 14.6. The predicted octanol–water partition coefficient (Wildman–Crippen LogP) is 7.01. The van der Waals surface area contributed by atoms with Crippen molar-refractivity contribution in [3.05, 3.63) is 127 Å². The maximum absolute atomic E-state index is 14.3. The Hall–Kier alpha value is -4.29. The fourth-order valence-electron chi connectivity index (χ4n) is 5.84. The third-order valence-corrected chi connectivity index (χ3v) is 8.88. The molecule has 42 heavy (non-hydrogen) atoms. The summed E-state index contributed by atoms with van der Waals surface area (Å²) >= 11 is 1.38. The Labute approximate surface area is 249 Å². The summed E-state index contributed by atoms with van der Waals surface area (Å²) < 4.78 is 7.83. The van der Waals surface area contributed by atoms with Crippen LogP contribution in [0.3, 0.4) is 0 Å². The van der Waals surface area contributed by atoms with Crippen LogP contribution in [0.25, 0.3) is 27.6 Å². The molecule has 4 aromatic carbocycles. The average molecular weight is 575 g/mol. The molecule has 0 unspecified atom stereocenters. The summed E-state index contributed by atoms with van der Waals surface area (Å²) in [4.78, 5) is 33.4. The molecule has 0 amide bonds. The normalized spacial score (nSPS) is 15.4. The number of aromatic nitrogens is 1. The van der Waals surface area contributed by atoms with E-state index in [9.17, 15) is 9.59 Å². The lowest BCUT2D eigenvalue weighted by Crippen LogP contribution is -2.40. The zero-order chi connectivity index (χ0) is 29.4. The van der Waals surface area contributed by atoms with Crippen LogP contribution in [-0.4, -0.2) is 17.1 Å². The van der Waals surface area contributed by atoms with E-state index in [4.69, 9.17) is 9.73 Å². The van der Waals surface area contributed by atoms with Gasteiger partial charge in [0.15, 0.2) is 4.80 Å². The fraction of sp³-hybridized carbons (Fsp3) is 0.250. The molecule has 1 aromatic heterocycles. The van der Waals surface area contributed by atoms with Gasteiger partial charge in [-0.3, -0.25) is 9.36 Å². The molecular weight excluding hydrogens is 540 g/mol. The number of allylic oxidation sites excluding steroid dienone is 1. The van der Waals surface area contributed by atoms with Crippen LogP contribution >= 0.6 is 11.3 Å². The van der Waals surface area contributed by atoms with E-state index in [1.165, 1.54) is 16.9 Å². The minimum Gasteiger partial charge on any atom is -0.463 e. The minimum absolute atomic E-state index is 0.161. The molecule has 6 heteroatoms. The van der Waals surface area contributed by atoms with Crippen LogP contribution in [0, 0.1) is 0 Å². The van der Waals surface area contributed by atoms with E-state index in [0.29, 0.717) is 32.9 Å². The lowest BCUT2D eigenvalue weighted by Gasteiger charge is -2.26. The Morgan fingerprint density at radius 1 is 0.976 bits per heavy atom. The van der Waals surface area contributed by atoms with Crippen LogP contribution in [0.15, 0.2) is 99.9 Å². The quantitative estimate of drug-likeness (QED) is 0.155. The summed E-state index contributed by atoms with van der Waals surface area (Å²) in [6.45, 7) is 8.42. The van der Waals surface area contributed by atoms with Gasteiger partial charge < -0.3 is 4.74 Å². The molecule has 5 aromatic rings. The zero-order valence-corrected chi connectivity index (χ0v) is 25.2. The van der Waals surface area contributed by atoms with Crippen molar-refractivity contribution < 1.29 is 9.53 Å². The van der Waals surface area contributed by atoms with E-state index >= 15 is 0 Å². The average Bonchev–Trinajstić information content (AvgIpc) is 3.30. The van der Waals surface area contributed by atoms with Gasteiger partial charge in [0, 0.05) is 0 Å². The summed E-state index contributed by atoms with van der Waals surface area (Å²) in [5.74, 6) is -0.0516. The molecule has 0 bridgehead atoms. The number of rotatable bonds is 7. The molecule has 6 rings (SSSR count). The van der Waals surface area contributed by atoms with Crippen molar-refractivity contribution in [3.8, 4) is 0 Å². The molecule has 0 aliphatic carbocycles. The number of nitrogens with zero attached hydrogens (tertiary/aromatic N) is 2. The molecule has 0 saturated heterocycles. The smallest absolute Gasteiger partial charge is 0.338 e. The molecule has 5 nitrogen and oxygen atoms in total. The van der Waals surface area contributed by atoms with Crippen LogP contribution in [0.2, 0.25) is 0 Å². The van der Waals surface area contributed by atoms with Gasteiger partial charge in [-0.1, -0.05) is 111 Å². The summed E-state index contributed by atoms with van der Waals surface area (Å²) in [5.41, 5.74) is 4.05. The lowest BCUT2D eigenvalue weighted by molar-refractivity contribution is -0.139. The van der Waals surface area contributed by atoms with E-state index in [-0.39, 0.29) is 12.2 Å². The highest BCUT2D eigenvalue weighted by molar-refractivity contribution is 7.07. The maximum Gasteiger partial charge on any atom is 0.338 e. The minimum atomic E-state index is -0.616. The first kappa shape index (κ1) is 27.9. The Morgan fingerprint density at radius 3 is 2.21 bits per heavy atom. The van der Waals surface area contributed by atoms with Crippen LogP contribution in [-0.2, 0) is 9.53 Å². The topological polar surface area (TPSA) is 60.7 Å². The number of fused-ring (bicyclic) bond motifs is 3.